The van der Waals surface area contributed by atoms with Crippen molar-refractivity contribution in [2.45, 2.75) is 19.6 Å². The maximum atomic E-state index is 3.62. The second-order valence-corrected chi connectivity index (χ2v) is 18.4. The van der Waals surface area contributed by atoms with Gasteiger partial charge in [0.15, 0.2) is 0 Å². The molecule has 0 aliphatic carbocycles. The normalized spacial score (nSPS) is 12.1. The molecule has 0 aliphatic rings. The minimum absolute atomic E-state index is 1.27. The van der Waals surface area contributed by atoms with Gasteiger partial charge in [0.2, 0.25) is 0 Å². The van der Waals surface area contributed by atoms with E-state index in [0.717, 1.165) is 0 Å². The minimum atomic E-state index is -1.71. The molecule has 0 saturated heterocycles. The first-order valence-corrected chi connectivity index (χ1v) is 15.8. The quantitative estimate of drug-likeness (QED) is 0.453. The summed E-state index contributed by atoms with van der Waals surface area (Å²) >= 11 is 3.62. The van der Waals surface area contributed by atoms with Crippen LogP contribution in [-0.4, -0.2) is 23.2 Å². The van der Waals surface area contributed by atoms with Gasteiger partial charge in [-0.3, -0.25) is 0 Å². The Labute approximate surface area is 154 Å². The van der Waals surface area contributed by atoms with Crippen molar-refractivity contribution in [3.63, 3.8) is 0 Å². The molecular weight excluding hydrogens is 390 g/mol. The molecule has 0 aliphatic heterocycles. The number of rotatable bonds is 4. The SMILES string of the molecule is C[Si](C)(C)c1ccc(P(=[Se])(c2ccccc2)c2ccccc2)cc1. The van der Waals surface area contributed by atoms with Gasteiger partial charge in [0.25, 0.3) is 0 Å². The second-order valence-electron chi connectivity index (χ2n) is 7.08. The van der Waals surface area contributed by atoms with Gasteiger partial charge in [-0.1, -0.05) is 0 Å². The molecule has 0 radical (unpaired) electrons. The Hall–Kier alpha value is -1.17. The Morgan fingerprint density at radius 3 is 1.33 bits per heavy atom. The van der Waals surface area contributed by atoms with Gasteiger partial charge in [-0.25, -0.2) is 0 Å². The van der Waals surface area contributed by atoms with Crippen LogP contribution in [0.4, 0.5) is 0 Å². The Morgan fingerprint density at radius 1 is 0.583 bits per heavy atom. The average molecular weight is 413 g/mol. The van der Waals surface area contributed by atoms with Crippen LogP contribution in [0, 0.1) is 0 Å². The first-order valence-electron chi connectivity index (χ1n) is 8.25. The van der Waals surface area contributed by atoms with Gasteiger partial charge in [0, 0.05) is 0 Å². The summed E-state index contributed by atoms with van der Waals surface area (Å²) in [6.07, 6.45) is 0. The molecule has 3 aromatic rings. The summed E-state index contributed by atoms with van der Waals surface area (Å²) in [6.45, 7) is 7.20. The molecule has 24 heavy (non-hydrogen) atoms. The van der Waals surface area contributed by atoms with Gasteiger partial charge < -0.3 is 0 Å². The van der Waals surface area contributed by atoms with Gasteiger partial charge >= 0.3 is 154 Å². The summed E-state index contributed by atoms with van der Waals surface area (Å²) in [5, 5.41) is 5.69. The van der Waals surface area contributed by atoms with Crippen LogP contribution < -0.4 is 21.1 Å². The van der Waals surface area contributed by atoms with Crippen molar-refractivity contribution < 1.29 is 0 Å². The van der Waals surface area contributed by atoms with E-state index in [2.05, 4.69) is 120 Å². The molecule has 3 heteroatoms. The van der Waals surface area contributed by atoms with Gasteiger partial charge in [0.1, 0.15) is 0 Å². The number of benzene rings is 3. The fourth-order valence-electron chi connectivity index (χ4n) is 2.89. The van der Waals surface area contributed by atoms with E-state index in [1.807, 2.05) is 0 Å². The van der Waals surface area contributed by atoms with E-state index in [1.165, 1.54) is 21.1 Å². The monoisotopic (exact) mass is 414 g/mol. The van der Waals surface area contributed by atoms with Crippen LogP contribution >= 0.6 is 5.51 Å². The summed E-state index contributed by atoms with van der Waals surface area (Å²) < 4.78 is 0. The maximum absolute atomic E-state index is 3.62. The topological polar surface area (TPSA) is 0 Å². The van der Waals surface area contributed by atoms with Crippen molar-refractivity contribution in [3.8, 4) is 0 Å². The molecule has 0 N–H and O–H groups in total. The molecule has 0 bridgehead atoms. The van der Waals surface area contributed by atoms with Gasteiger partial charge in [-0.05, 0) is 0 Å². The predicted molar refractivity (Wildman–Crippen MR) is 114 cm³/mol. The van der Waals surface area contributed by atoms with Crippen LogP contribution in [0.1, 0.15) is 0 Å². The Kier molecular flexibility index (Phi) is 5.13. The van der Waals surface area contributed by atoms with E-state index in [0.29, 0.717) is 0 Å². The molecule has 0 spiro atoms. The molecule has 0 aromatic heterocycles. The van der Waals surface area contributed by atoms with Crippen LogP contribution in [0.15, 0.2) is 84.9 Å². The third-order valence-electron chi connectivity index (χ3n) is 4.34. The van der Waals surface area contributed by atoms with Crippen LogP contribution in [0.5, 0.6) is 0 Å². The molecule has 0 atom stereocenters. The molecule has 122 valence electrons. The summed E-state index contributed by atoms with van der Waals surface area (Å²) in [6, 6.07) is 31.1. The molecule has 0 heterocycles. The number of hydrogen-bond acceptors (Lipinski definition) is 0. The molecule has 0 saturated carbocycles. The first kappa shape index (κ1) is 17.6. The van der Waals surface area contributed by atoms with Crippen LogP contribution in [0.3, 0.4) is 0 Å². The molecule has 0 unspecified atom stereocenters. The Bertz CT molecular complexity index is 806. The summed E-state index contributed by atoms with van der Waals surface area (Å²) in [5.74, 6) is 0. The molecule has 3 rings (SSSR count). The van der Waals surface area contributed by atoms with Crippen molar-refractivity contribution in [1.82, 2.24) is 0 Å². The summed E-state index contributed by atoms with van der Waals surface area (Å²) in [4.78, 5) is 0. The van der Waals surface area contributed by atoms with Crippen molar-refractivity contribution in [3.05, 3.63) is 84.9 Å². The summed E-state index contributed by atoms with van der Waals surface area (Å²) in [7, 11) is -1.27. The molecule has 0 fully saturated rings. The zero-order valence-electron chi connectivity index (χ0n) is 14.4. The molecule has 3 aromatic carbocycles. The fourth-order valence-corrected chi connectivity index (χ4v) is 9.01. The van der Waals surface area contributed by atoms with Gasteiger partial charge in [-0.2, -0.15) is 0 Å². The third-order valence-corrected chi connectivity index (χ3v) is 13.5. The third kappa shape index (κ3) is 3.43. The molecular formula is C21H23PSeSi. The molecule has 0 nitrogen and oxygen atoms in total. The van der Waals surface area contributed by atoms with E-state index >= 15 is 0 Å². The molecule has 0 amide bonds. The fraction of sp³-hybridized carbons (Fsp3) is 0.143. The second kappa shape index (κ2) is 6.98. The van der Waals surface area contributed by atoms with E-state index in [1.54, 1.807) is 0 Å². The van der Waals surface area contributed by atoms with E-state index < -0.39 is 13.6 Å². The Balaban J connectivity index is 2.18. The van der Waals surface area contributed by atoms with Crippen LogP contribution in [0.2, 0.25) is 19.6 Å². The van der Waals surface area contributed by atoms with Crippen LogP contribution in [0.25, 0.3) is 0 Å². The van der Waals surface area contributed by atoms with E-state index in [9.17, 15) is 0 Å². The zero-order valence-corrected chi connectivity index (χ0v) is 18.0. The Morgan fingerprint density at radius 2 is 0.958 bits per heavy atom. The van der Waals surface area contributed by atoms with Crippen molar-refractivity contribution in [1.29, 1.82) is 0 Å². The zero-order chi connectivity index (χ0) is 17.2. The van der Waals surface area contributed by atoms with Crippen molar-refractivity contribution >= 4 is 49.8 Å². The van der Waals surface area contributed by atoms with Gasteiger partial charge in [0.05, 0.1) is 0 Å². The van der Waals surface area contributed by atoms with Crippen molar-refractivity contribution in [2.75, 3.05) is 0 Å². The van der Waals surface area contributed by atoms with Crippen molar-refractivity contribution in [2.24, 2.45) is 0 Å². The standard InChI is InChI=1S/C21H23PSeSi/c1-24(2,3)21-16-14-20(15-17-21)22(23,18-10-6-4-7-11-18)19-12-8-5-9-13-19/h4-17H,1-3H3. The van der Waals surface area contributed by atoms with E-state index in [4.69, 9.17) is 0 Å². The predicted octanol–water partition coefficient (Wildman–Crippen LogP) is 3.61. The number of hydrogen-bond donors (Lipinski definition) is 0. The average Bonchev–Trinajstić information content (AvgIpc) is 2.62. The van der Waals surface area contributed by atoms with Crippen LogP contribution in [-0.2, 0) is 0 Å². The first-order chi connectivity index (χ1) is 11.4. The van der Waals surface area contributed by atoms with Gasteiger partial charge in [-0.15, -0.1) is 0 Å². The van der Waals surface area contributed by atoms with E-state index in [-0.39, 0.29) is 0 Å². The summed E-state index contributed by atoms with van der Waals surface area (Å²) in [5.41, 5.74) is -1.71.